The minimum atomic E-state index is -0.470. The van der Waals surface area contributed by atoms with Crippen LogP contribution < -0.4 is 11.1 Å². The van der Waals surface area contributed by atoms with Gasteiger partial charge in [0, 0.05) is 23.8 Å². The van der Waals surface area contributed by atoms with E-state index >= 15 is 0 Å². The van der Waals surface area contributed by atoms with Crippen molar-refractivity contribution in [2.45, 2.75) is 44.8 Å². The Balaban J connectivity index is 1.86. The number of nitrogens with one attached hydrogen (secondary N) is 1. The van der Waals surface area contributed by atoms with Gasteiger partial charge in [0.2, 0.25) is 5.91 Å². The van der Waals surface area contributed by atoms with Gasteiger partial charge in [-0.3, -0.25) is 14.8 Å². The molecule has 1 amide bonds. The number of amides is 1. The van der Waals surface area contributed by atoms with Gasteiger partial charge in [0.05, 0.1) is 6.20 Å². The van der Waals surface area contributed by atoms with Crippen molar-refractivity contribution in [1.29, 1.82) is 0 Å². The van der Waals surface area contributed by atoms with E-state index in [0.717, 1.165) is 31.4 Å². The maximum atomic E-state index is 11.9. The summed E-state index contributed by atoms with van der Waals surface area (Å²) >= 11 is 0. The number of benzene rings is 1. The molecular formula is C17H22N4O. The maximum absolute atomic E-state index is 11.9. The molecule has 0 saturated heterocycles. The number of carbonyl (C=O) groups is 1. The highest BCUT2D eigenvalue weighted by atomic mass is 16.1. The molecule has 1 aliphatic carbocycles. The molecule has 3 rings (SSSR count). The molecule has 1 aromatic carbocycles. The number of aromatic nitrogens is 2. The molecule has 22 heavy (non-hydrogen) atoms. The van der Waals surface area contributed by atoms with E-state index in [4.69, 9.17) is 5.73 Å². The van der Waals surface area contributed by atoms with Gasteiger partial charge < -0.3 is 5.73 Å². The van der Waals surface area contributed by atoms with Gasteiger partial charge >= 0.3 is 0 Å². The average Bonchev–Trinajstić information content (AvgIpc) is 2.97. The molecule has 0 aliphatic heterocycles. The fourth-order valence-corrected chi connectivity index (χ4v) is 3.25. The number of hydrogen-bond acceptors (Lipinski definition) is 3. The highest BCUT2D eigenvalue weighted by molar-refractivity contribution is 5.81. The molecule has 0 fully saturated rings. The van der Waals surface area contributed by atoms with Gasteiger partial charge in [-0.2, -0.15) is 5.10 Å². The SMILES string of the molecule is CCn1ncc2c1CCC[C@@H]2N[C@@H](C(N)=O)c1ccccc1. The second kappa shape index (κ2) is 6.32. The lowest BCUT2D eigenvalue weighted by Crippen LogP contribution is -2.37. The molecule has 5 heteroatoms. The molecule has 2 aromatic rings. The zero-order valence-electron chi connectivity index (χ0n) is 12.8. The van der Waals surface area contributed by atoms with Gasteiger partial charge in [-0.25, -0.2) is 0 Å². The first-order chi connectivity index (χ1) is 10.7. The second-order valence-electron chi connectivity index (χ2n) is 5.72. The van der Waals surface area contributed by atoms with E-state index in [0.29, 0.717) is 0 Å². The van der Waals surface area contributed by atoms with E-state index in [9.17, 15) is 4.79 Å². The minimum absolute atomic E-state index is 0.127. The van der Waals surface area contributed by atoms with E-state index in [-0.39, 0.29) is 11.9 Å². The molecule has 116 valence electrons. The van der Waals surface area contributed by atoms with Crippen LogP contribution in [0.5, 0.6) is 0 Å². The standard InChI is InChI=1S/C17H22N4O/c1-2-21-15-10-6-9-14(13(15)11-19-21)20-16(17(18)22)12-7-4-3-5-8-12/h3-5,7-8,11,14,16,20H,2,6,9-10H2,1H3,(H2,18,22)/t14-,16+/m0/s1. The Labute approximate surface area is 130 Å². The van der Waals surface area contributed by atoms with Crippen LogP contribution in [0.25, 0.3) is 0 Å². The first-order valence-electron chi connectivity index (χ1n) is 7.85. The summed E-state index contributed by atoms with van der Waals surface area (Å²) in [6, 6.07) is 9.31. The molecule has 0 radical (unpaired) electrons. The quantitative estimate of drug-likeness (QED) is 0.888. The summed E-state index contributed by atoms with van der Waals surface area (Å²) < 4.78 is 2.05. The Bertz CT molecular complexity index is 650. The number of nitrogens with two attached hydrogens (primary N) is 1. The average molecular weight is 298 g/mol. The van der Waals surface area contributed by atoms with Crippen LogP contribution in [0.3, 0.4) is 0 Å². The molecule has 0 spiro atoms. The molecule has 1 heterocycles. The topological polar surface area (TPSA) is 72.9 Å². The normalized spacial score (nSPS) is 18.7. The van der Waals surface area contributed by atoms with Crippen molar-refractivity contribution in [3.05, 3.63) is 53.3 Å². The largest absolute Gasteiger partial charge is 0.368 e. The zero-order valence-corrected chi connectivity index (χ0v) is 12.8. The van der Waals surface area contributed by atoms with Gasteiger partial charge in [0.1, 0.15) is 6.04 Å². The van der Waals surface area contributed by atoms with Crippen LogP contribution in [-0.2, 0) is 17.8 Å². The molecule has 2 atom stereocenters. The Morgan fingerprint density at radius 1 is 1.45 bits per heavy atom. The Kier molecular flexibility index (Phi) is 4.24. The number of primary amides is 1. The lowest BCUT2D eigenvalue weighted by molar-refractivity contribution is -0.120. The molecule has 1 aliphatic rings. The maximum Gasteiger partial charge on any atom is 0.239 e. The van der Waals surface area contributed by atoms with Crippen molar-refractivity contribution in [2.75, 3.05) is 0 Å². The van der Waals surface area contributed by atoms with Gasteiger partial charge in [0.15, 0.2) is 0 Å². The summed E-state index contributed by atoms with van der Waals surface area (Å²) in [6.07, 6.45) is 5.07. The first kappa shape index (κ1) is 14.8. The first-order valence-corrected chi connectivity index (χ1v) is 7.85. The number of carbonyl (C=O) groups excluding carboxylic acids is 1. The van der Waals surface area contributed by atoms with E-state index in [1.165, 1.54) is 11.3 Å². The van der Waals surface area contributed by atoms with Crippen LogP contribution in [0.4, 0.5) is 0 Å². The fourth-order valence-electron chi connectivity index (χ4n) is 3.25. The summed E-state index contributed by atoms with van der Waals surface area (Å²) in [4.78, 5) is 11.9. The predicted octanol–water partition coefficient (Wildman–Crippen LogP) is 2.10. The van der Waals surface area contributed by atoms with Crippen molar-refractivity contribution in [3.8, 4) is 0 Å². The Morgan fingerprint density at radius 2 is 2.23 bits per heavy atom. The Morgan fingerprint density at radius 3 is 2.91 bits per heavy atom. The monoisotopic (exact) mass is 298 g/mol. The summed E-state index contributed by atoms with van der Waals surface area (Å²) in [5.74, 6) is -0.346. The number of hydrogen-bond donors (Lipinski definition) is 2. The summed E-state index contributed by atoms with van der Waals surface area (Å²) in [6.45, 7) is 2.97. The van der Waals surface area contributed by atoms with Crippen LogP contribution in [0.15, 0.2) is 36.5 Å². The van der Waals surface area contributed by atoms with Gasteiger partial charge in [0.25, 0.3) is 0 Å². The summed E-state index contributed by atoms with van der Waals surface area (Å²) in [5.41, 5.74) is 9.01. The van der Waals surface area contributed by atoms with Crippen molar-refractivity contribution >= 4 is 5.91 Å². The van der Waals surface area contributed by atoms with E-state index in [1.54, 1.807) is 0 Å². The molecule has 0 saturated carbocycles. The third kappa shape index (κ3) is 2.76. The molecule has 0 unspecified atom stereocenters. The number of fused-ring (bicyclic) bond motifs is 1. The van der Waals surface area contributed by atoms with Crippen LogP contribution in [0.2, 0.25) is 0 Å². The fraction of sp³-hybridized carbons (Fsp3) is 0.412. The number of rotatable bonds is 5. The van der Waals surface area contributed by atoms with Gasteiger partial charge in [-0.15, -0.1) is 0 Å². The summed E-state index contributed by atoms with van der Waals surface area (Å²) in [7, 11) is 0. The second-order valence-corrected chi connectivity index (χ2v) is 5.72. The van der Waals surface area contributed by atoms with Crippen LogP contribution >= 0.6 is 0 Å². The van der Waals surface area contributed by atoms with Crippen molar-refractivity contribution in [3.63, 3.8) is 0 Å². The minimum Gasteiger partial charge on any atom is -0.368 e. The highest BCUT2D eigenvalue weighted by Crippen LogP contribution is 2.31. The van der Waals surface area contributed by atoms with E-state index in [2.05, 4.69) is 17.3 Å². The highest BCUT2D eigenvalue weighted by Gasteiger charge is 2.28. The third-order valence-electron chi connectivity index (χ3n) is 4.35. The van der Waals surface area contributed by atoms with Gasteiger partial charge in [-0.05, 0) is 31.7 Å². The predicted molar refractivity (Wildman–Crippen MR) is 85.1 cm³/mol. The van der Waals surface area contributed by atoms with Crippen molar-refractivity contribution in [2.24, 2.45) is 5.73 Å². The van der Waals surface area contributed by atoms with Crippen LogP contribution in [0, 0.1) is 0 Å². The van der Waals surface area contributed by atoms with Gasteiger partial charge in [-0.1, -0.05) is 30.3 Å². The summed E-state index contributed by atoms with van der Waals surface area (Å²) in [5, 5.41) is 7.89. The zero-order chi connectivity index (χ0) is 15.5. The van der Waals surface area contributed by atoms with E-state index < -0.39 is 6.04 Å². The molecule has 5 nitrogen and oxygen atoms in total. The molecule has 3 N–H and O–H groups in total. The number of aryl methyl sites for hydroxylation is 1. The van der Waals surface area contributed by atoms with Crippen LogP contribution in [-0.4, -0.2) is 15.7 Å². The molecular weight excluding hydrogens is 276 g/mol. The van der Waals surface area contributed by atoms with Crippen molar-refractivity contribution < 1.29 is 4.79 Å². The lowest BCUT2D eigenvalue weighted by atomic mass is 9.91. The lowest BCUT2D eigenvalue weighted by Gasteiger charge is -2.28. The van der Waals surface area contributed by atoms with Crippen molar-refractivity contribution in [1.82, 2.24) is 15.1 Å². The number of nitrogens with zero attached hydrogens (tertiary/aromatic N) is 2. The Hall–Kier alpha value is -2.14. The van der Waals surface area contributed by atoms with E-state index in [1.807, 2.05) is 41.2 Å². The molecule has 0 bridgehead atoms. The van der Waals surface area contributed by atoms with Crippen LogP contribution in [0.1, 0.15) is 48.7 Å². The third-order valence-corrected chi connectivity index (χ3v) is 4.35. The smallest absolute Gasteiger partial charge is 0.239 e. The molecule has 1 aromatic heterocycles.